The van der Waals surface area contributed by atoms with Crippen LogP contribution in [0.15, 0.2) is 54.1 Å². The zero-order chi connectivity index (χ0) is 16.7. The Hall–Kier alpha value is -2.48. The van der Waals surface area contributed by atoms with Crippen LogP contribution in [0, 0.1) is 11.3 Å². The molecule has 0 aliphatic carbocycles. The predicted octanol–water partition coefficient (Wildman–Crippen LogP) is 4.72. The number of benzene rings is 2. The van der Waals surface area contributed by atoms with Crippen LogP contribution >= 0.6 is 23.2 Å². The van der Waals surface area contributed by atoms with Gasteiger partial charge in [0.05, 0.1) is 22.7 Å². The lowest BCUT2D eigenvalue weighted by molar-refractivity contribution is 0.253. The predicted molar refractivity (Wildman–Crippen MR) is 93.5 cm³/mol. The molecule has 0 saturated heterocycles. The summed E-state index contributed by atoms with van der Waals surface area (Å²) < 4.78 is 0. The molecule has 2 N–H and O–H groups in total. The molecule has 2 rings (SSSR count). The SMILES string of the molecule is N#C/C(=C/c1ccccc1)CNC(=O)Nc1ccc(Cl)c(Cl)c1. The maximum atomic E-state index is 11.8. The molecule has 2 amide bonds. The Morgan fingerprint density at radius 3 is 2.52 bits per heavy atom. The van der Waals surface area contributed by atoms with Crippen molar-refractivity contribution >= 4 is 41.0 Å². The third-order valence-electron chi connectivity index (χ3n) is 2.90. The van der Waals surface area contributed by atoms with Crippen LogP contribution in [0.3, 0.4) is 0 Å². The Balaban J connectivity index is 1.93. The van der Waals surface area contributed by atoms with Crippen LogP contribution in [0.1, 0.15) is 5.56 Å². The topological polar surface area (TPSA) is 64.9 Å². The molecule has 0 unspecified atom stereocenters. The van der Waals surface area contributed by atoms with Crippen LogP contribution in [0.25, 0.3) is 6.08 Å². The average molecular weight is 346 g/mol. The van der Waals surface area contributed by atoms with Crippen molar-refractivity contribution in [2.24, 2.45) is 0 Å². The lowest BCUT2D eigenvalue weighted by Gasteiger charge is -2.08. The van der Waals surface area contributed by atoms with Crippen LogP contribution in [0.4, 0.5) is 10.5 Å². The number of hydrogen-bond donors (Lipinski definition) is 2. The summed E-state index contributed by atoms with van der Waals surface area (Å²) in [5.41, 5.74) is 1.86. The lowest BCUT2D eigenvalue weighted by Crippen LogP contribution is -2.30. The Morgan fingerprint density at radius 2 is 1.87 bits per heavy atom. The second kappa shape index (κ2) is 8.23. The largest absolute Gasteiger partial charge is 0.333 e. The van der Waals surface area contributed by atoms with Gasteiger partial charge >= 0.3 is 6.03 Å². The van der Waals surface area contributed by atoms with Gasteiger partial charge in [-0.25, -0.2) is 4.79 Å². The number of hydrogen-bond acceptors (Lipinski definition) is 2. The minimum atomic E-state index is -0.433. The van der Waals surface area contributed by atoms with E-state index in [1.165, 1.54) is 0 Å². The van der Waals surface area contributed by atoms with Crippen molar-refractivity contribution in [2.45, 2.75) is 0 Å². The maximum absolute atomic E-state index is 11.8. The van der Waals surface area contributed by atoms with Crippen LogP contribution in [0.5, 0.6) is 0 Å². The fourth-order valence-electron chi connectivity index (χ4n) is 1.80. The molecular formula is C17H13Cl2N3O. The highest BCUT2D eigenvalue weighted by atomic mass is 35.5. The van der Waals surface area contributed by atoms with Gasteiger partial charge in [-0.2, -0.15) is 5.26 Å². The van der Waals surface area contributed by atoms with Crippen molar-refractivity contribution in [3.8, 4) is 6.07 Å². The Labute approximate surface area is 144 Å². The molecule has 23 heavy (non-hydrogen) atoms. The highest BCUT2D eigenvalue weighted by Gasteiger charge is 2.05. The van der Waals surface area contributed by atoms with E-state index in [4.69, 9.17) is 28.5 Å². The fourth-order valence-corrected chi connectivity index (χ4v) is 2.10. The van der Waals surface area contributed by atoms with E-state index in [-0.39, 0.29) is 6.54 Å². The van der Waals surface area contributed by atoms with Gasteiger partial charge in [0.1, 0.15) is 0 Å². The fraction of sp³-hybridized carbons (Fsp3) is 0.0588. The molecule has 0 atom stereocenters. The number of nitrogens with zero attached hydrogens (tertiary/aromatic N) is 1. The Bertz CT molecular complexity index is 767. The number of nitriles is 1. The van der Waals surface area contributed by atoms with Crippen LogP contribution in [0.2, 0.25) is 10.0 Å². The first-order chi connectivity index (χ1) is 11.1. The van der Waals surface area contributed by atoms with Gasteiger partial charge in [0.2, 0.25) is 0 Å². The van der Waals surface area contributed by atoms with Crippen molar-refractivity contribution in [1.82, 2.24) is 5.32 Å². The summed E-state index contributed by atoms with van der Waals surface area (Å²) >= 11 is 11.7. The van der Waals surface area contributed by atoms with Gasteiger partial charge in [0.25, 0.3) is 0 Å². The molecular weight excluding hydrogens is 333 g/mol. The first-order valence-electron chi connectivity index (χ1n) is 6.74. The van der Waals surface area contributed by atoms with Crippen molar-refractivity contribution in [3.05, 3.63) is 69.7 Å². The van der Waals surface area contributed by atoms with E-state index in [9.17, 15) is 4.79 Å². The lowest BCUT2D eigenvalue weighted by atomic mass is 10.1. The van der Waals surface area contributed by atoms with Gasteiger partial charge < -0.3 is 10.6 Å². The van der Waals surface area contributed by atoms with E-state index in [1.807, 2.05) is 30.3 Å². The van der Waals surface area contributed by atoms with Crippen molar-refractivity contribution in [1.29, 1.82) is 5.26 Å². The molecule has 0 aliphatic heterocycles. The minimum Gasteiger partial charge on any atom is -0.333 e. The Kier molecular flexibility index (Phi) is 6.04. The molecule has 0 saturated carbocycles. The first kappa shape index (κ1) is 16.9. The minimum absolute atomic E-state index is 0.124. The van der Waals surface area contributed by atoms with Crippen molar-refractivity contribution in [2.75, 3.05) is 11.9 Å². The molecule has 0 bridgehead atoms. The first-order valence-corrected chi connectivity index (χ1v) is 7.49. The summed E-state index contributed by atoms with van der Waals surface area (Å²) in [6.45, 7) is 0.124. The summed E-state index contributed by atoms with van der Waals surface area (Å²) in [6.07, 6.45) is 1.72. The van der Waals surface area contributed by atoms with E-state index < -0.39 is 6.03 Å². The molecule has 4 nitrogen and oxygen atoms in total. The second-order valence-electron chi connectivity index (χ2n) is 4.63. The molecule has 0 fully saturated rings. The number of halogens is 2. The number of carbonyl (C=O) groups is 1. The van der Waals surface area contributed by atoms with E-state index in [1.54, 1.807) is 24.3 Å². The molecule has 0 spiro atoms. The molecule has 2 aromatic carbocycles. The van der Waals surface area contributed by atoms with Crippen molar-refractivity contribution in [3.63, 3.8) is 0 Å². The van der Waals surface area contributed by atoms with Crippen molar-refractivity contribution < 1.29 is 4.79 Å². The van der Waals surface area contributed by atoms with E-state index in [0.29, 0.717) is 21.3 Å². The molecule has 2 aromatic rings. The van der Waals surface area contributed by atoms with Crippen LogP contribution in [-0.4, -0.2) is 12.6 Å². The molecule has 6 heteroatoms. The number of carbonyl (C=O) groups excluding carboxylic acids is 1. The van der Waals surface area contributed by atoms with Gasteiger partial charge in [-0.1, -0.05) is 53.5 Å². The number of urea groups is 1. The standard InChI is InChI=1S/C17H13Cl2N3O/c18-15-7-6-14(9-16(15)19)22-17(23)21-11-13(10-20)8-12-4-2-1-3-5-12/h1-9H,11H2,(H2,21,22,23)/b13-8-. The van der Waals surface area contributed by atoms with Crippen LogP contribution in [-0.2, 0) is 0 Å². The highest BCUT2D eigenvalue weighted by molar-refractivity contribution is 6.42. The average Bonchev–Trinajstić information content (AvgIpc) is 2.56. The summed E-state index contributed by atoms with van der Waals surface area (Å²) in [7, 11) is 0. The van der Waals surface area contributed by atoms with Crippen LogP contribution < -0.4 is 10.6 Å². The monoisotopic (exact) mass is 345 g/mol. The van der Waals surface area contributed by atoms with Gasteiger partial charge in [-0.05, 0) is 29.8 Å². The Morgan fingerprint density at radius 1 is 1.13 bits per heavy atom. The molecule has 0 aliphatic rings. The molecule has 0 radical (unpaired) electrons. The number of anilines is 1. The summed E-state index contributed by atoms with van der Waals surface area (Å²) in [5.74, 6) is 0. The number of rotatable bonds is 4. The summed E-state index contributed by atoms with van der Waals surface area (Å²) in [5, 5.41) is 15.1. The maximum Gasteiger partial charge on any atom is 0.319 e. The third kappa shape index (κ3) is 5.33. The van der Waals surface area contributed by atoms with Gasteiger partial charge in [0, 0.05) is 11.3 Å². The zero-order valence-corrected chi connectivity index (χ0v) is 13.5. The third-order valence-corrected chi connectivity index (χ3v) is 3.64. The molecule has 0 heterocycles. The van der Waals surface area contributed by atoms with E-state index in [2.05, 4.69) is 16.7 Å². The highest BCUT2D eigenvalue weighted by Crippen LogP contribution is 2.24. The van der Waals surface area contributed by atoms with E-state index >= 15 is 0 Å². The van der Waals surface area contributed by atoms with Gasteiger partial charge in [-0.3, -0.25) is 0 Å². The van der Waals surface area contributed by atoms with Gasteiger partial charge in [-0.15, -0.1) is 0 Å². The zero-order valence-electron chi connectivity index (χ0n) is 12.0. The van der Waals surface area contributed by atoms with E-state index in [0.717, 1.165) is 5.56 Å². The molecule has 116 valence electrons. The van der Waals surface area contributed by atoms with Gasteiger partial charge in [0.15, 0.2) is 0 Å². The summed E-state index contributed by atoms with van der Waals surface area (Å²) in [6, 6.07) is 15.8. The quantitative estimate of drug-likeness (QED) is 0.787. The normalized spacial score (nSPS) is 10.7. The second-order valence-corrected chi connectivity index (χ2v) is 5.44. The number of nitrogens with one attached hydrogen (secondary N) is 2. The summed E-state index contributed by atoms with van der Waals surface area (Å²) in [4.78, 5) is 11.8. The molecule has 0 aromatic heterocycles. The smallest absolute Gasteiger partial charge is 0.319 e. The number of amides is 2.